The number of pyridine rings is 1. The van der Waals surface area contributed by atoms with Crippen molar-refractivity contribution in [1.82, 2.24) is 14.8 Å². The molecule has 0 saturated heterocycles. The molecule has 0 aliphatic heterocycles. The summed E-state index contributed by atoms with van der Waals surface area (Å²) < 4.78 is 1.74. The Labute approximate surface area is 141 Å². The van der Waals surface area contributed by atoms with Crippen molar-refractivity contribution in [1.29, 1.82) is 0 Å². The standard InChI is InChI=1S/C19H22N4O/c1-11(2)16-10-15(17-13(4)22-23(5)18(17)21-16)19(24)20-14-8-6-12(3)7-9-14/h6-11H,1-5H3,(H,20,24). The van der Waals surface area contributed by atoms with Crippen LogP contribution in [0, 0.1) is 13.8 Å². The molecule has 5 heteroatoms. The van der Waals surface area contributed by atoms with Crippen molar-refractivity contribution in [2.75, 3.05) is 5.32 Å². The van der Waals surface area contributed by atoms with Gasteiger partial charge in [-0.3, -0.25) is 9.48 Å². The quantitative estimate of drug-likeness (QED) is 0.794. The number of amides is 1. The van der Waals surface area contributed by atoms with Crippen LogP contribution in [-0.4, -0.2) is 20.7 Å². The summed E-state index contributed by atoms with van der Waals surface area (Å²) in [6.45, 7) is 8.06. The van der Waals surface area contributed by atoms with Gasteiger partial charge in [-0.2, -0.15) is 5.10 Å². The van der Waals surface area contributed by atoms with Crippen molar-refractivity contribution in [3.05, 3.63) is 52.8 Å². The largest absolute Gasteiger partial charge is 0.322 e. The van der Waals surface area contributed by atoms with Gasteiger partial charge >= 0.3 is 0 Å². The number of nitrogens with zero attached hydrogens (tertiary/aromatic N) is 3. The van der Waals surface area contributed by atoms with Crippen LogP contribution in [0.2, 0.25) is 0 Å². The maximum absolute atomic E-state index is 12.9. The van der Waals surface area contributed by atoms with Gasteiger partial charge in [-0.05, 0) is 38.0 Å². The van der Waals surface area contributed by atoms with Crippen molar-refractivity contribution in [2.45, 2.75) is 33.6 Å². The van der Waals surface area contributed by atoms with E-state index in [1.807, 2.05) is 51.2 Å². The molecule has 0 saturated carbocycles. The number of carbonyl (C=O) groups is 1. The molecule has 3 rings (SSSR count). The average molecular weight is 322 g/mol. The number of benzene rings is 1. The van der Waals surface area contributed by atoms with Gasteiger partial charge in [-0.1, -0.05) is 31.5 Å². The molecule has 0 atom stereocenters. The van der Waals surface area contributed by atoms with E-state index >= 15 is 0 Å². The lowest BCUT2D eigenvalue weighted by Crippen LogP contribution is -2.14. The summed E-state index contributed by atoms with van der Waals surface area (Å²) in [5.41, 5.74) is 5.00. The highest BCUT2D eigenvalue weighted by molar-refractivity contribution is 6.12. The topological polar surface area (TPSA) is 59.8 Å². The fourth-order valence-corrected chi connectivity index (χ4v) is 2.77. The van der Waals surface area contributed by atoms with Crippen molar-refractivity contribution < 1.29 is 4.79 Å². The summed E-state index contributed by atoms with van der Waals surface area (Å²) in [7, 11) is 1.86. The van der Waals surface area contributed by atoms with Crippen LogP contribution >= 0.6 is 0 Å². The van der Waals surface area contributed by atoms with Crippen LogP contribution in [0.4, 0.5) is 5.69 Å². The molecule has 0 unspecified atom stereocenters. The monoisotopic (exact) mass is 322 g/mol. The summed E-state index contributed by atoms with van der Waals surface area (Å²) >= 11 is 0. The first-order chi connectivity index (χ1) is 11.4. The SMILES string of the molecule is Cc1ccc(NC(=O)c2cc(C(C)C)nc3c2c(C)nn3C)cc1. The zero-order valence-electron chi connectivity index (χ0n) is 14.7. The number of aromatic nitrogens is 3. The molecule has 0 radical (unpaired) electrons. The molecule has 24 heavy (non-hydrogen) atoms. The molecule has 2 aromatic heterocycles. The Hall–Kier alpha value is -2.69. The summed E-state index contributed by atoms with van der Waals surface area (Å²) in [6.07, 6.45) is 0. The van der Waals surface area contributed by atoms with Gasteiger partial charge in [0, 0.05) is 18.4 Å². The molecule has 0 fully saturated rings. The molecule has 0 aliphatic carbocycles. The second-order valence-electron chi connectivity index (χ2n) is 6.48. The second kappa shape index (κ2) is 6.07. The lowest BCUT2D eigenvalue weighted by atomic mass is 10.0. The van der Waals surface area contributed by atoms with Crippen molar-refractivity contribution in [3.63, 3.8) is 0 Å². The zero-order valence-corrected chi connectivity index (χ0v) is 14.7. The summed E-state index contributed by atoms with van der Waals surface area (Å²) in [5.74, 6) is 0.0970. The van der Waals surface area contributed by atoms with E-state index < -0.39 is 0 Å². The smallest absolute Gasteiger partial charge is 0.256 e. The molecule has 1 N–H and O–H groups in total. The van der Waals surface area contributed by atoms with Gasteiger partial charge in [0.25, 0.3) is 5.91 Å². The van der Waals surface area contributed by atoms with E-state index in [1.165, 1.54) is 0 Å². The Morgan fingerprint density at radius 3 is 2.46 bits per heavy atom. The lowest BCUT2D eigenvalue weighted by molar-refractivity contribution is 0.102. The molecule has 5 nitrogen and oxygen atoms in total. The van der Waals surface area contributed by atoms with Gasteiger partial charge in [0.15, 0.2) is 5.65 Å². The van der Waals surface area contributed by atoms with Crippen LogP contribution in [0.15, 0.2) is 30.3 Å². The summed E-state index contributed by atoms with van der Waals surface area (Å²) in [4.78, 5) is 17.6. The molecule has 0 aliphatic rings. The first-order valence-electron chi connectivity index (χ1n) is 8.09. The third-order valence-corrected chi connectivity index (χ3v) is 4.13. The molecule has 1 aromatic carbocycles. The van der Waals surface area contributed by atoms with Gasteiger partial charge in [0.1, 0.15) is 0 Å². The lowest BCUT2D eigenvalue weighted by Gasteiger charge is -2.11. The van der Waals surface area contributed by atoms with Crippen molar-refractivity contribution >= 4 is 22.6 Å². The number of fused-ring (bicyclic) bond motifs is 1. The first kappa shape index (κ1) is 16.2. The van der Waals surface area contributed by atoms with Crippen LogP contribution < -0.4 is 5.32 Å². The van der Waals surface area contributed by atoms with Crippen molar-refractivity contribution in [2.24, 2.45) is 7.05 Å². The number of aryl methyl sites for hydroxylation is 3. The fraction of sp³-hybridized carbons (Fsp3) is 0.316. The molecule has 0 bridgehead atoms. The average Bonchev–Trinajstić information content (AvgIpc) is 2.83. The number of carbonyl (C=O) groups excluding carboxylic acids is 1. The molecule has 2 heterocycles. The molecular formula is C19H22N4O. The van der Waals surface area contributed by atoms with Crippen LogP contribution in [-0.2, 0) is 7.05 Å². The number of hydrogen-bond donors (Lipinski definition) is 1. The zero-order chi connectivity index (χ0) is 17.4. The van der Waals surface area contributed by atoms with E-state index in [0.717, 1.165) is 33.7 Å². The highest BCUT2D eigenvalue weighted by atomic mass is 16.1. The van der Waals surface area contributed by atoms with E-state index in [2.05, 4.69) is 29.2 Å². The Balaban J connectivity index is 2.09. The maximum atomic E-state index is 12.9. The molecule has 1 amide bonds. The maximum Gasteiger partial charge on any atom is 0.256 e. The number of nitrogens with one attached hydrogen (secondary N) is 1. The Morgan fingerprint density at radius 2 is 1.83 bits per heavy atom. The van der Waals surface area contributed by atoms with E-state index in [4.69, 9.17) is 0 Å². The second-order valence-corrected chi connectivity index (χ2v) is 6.48. The third-order valence-electron chi connectivity index (χ3n) is 4.13. The minimum atomic E-state index is -0.135. The minimum Gasteiger partial charge on any atom is -0.322 e. The Morgan fingerprint density at radius 1 is 1.17 bits per heavy atom. The van der Waals surface area contributed by atoms with Crippen LogP contribution in [0.5, 0.6) is 0 Å². The van der Waals surface area contributed by atoms with Gasteiger partial charge in [0.2, 0.25) is 0 Å². The van der Waals surface area contributed by atoms with Gasteiger partial charge in [0.05, 0.1) is 16.6 Å². The number of rotatable bonds is 3. The molecule has 0 spiro atoms. The molecule has 3 aromatic rings. The number of anilines is 1. The predicted molar refractivity (Wildman–Crippen MR) is 96.5 cm³/mol. The summed E-state index contributed by atoms with van der Waals surface area (Å²) in [6, 6.07) is 9.65. The van der Waals surface area contributed by atoms with E-state index in [1.54, 1.807) is 4.68 Å². The fourth-order valence-electron chi connectivity index (χ4n) is 2.77. The van der Waals surface area contributed by atoms with Crippen LogP contribution in [0.1, 0.15) is 47.1 Å². The van der Waals surface area contributed by atoms with Crippen LogP contribution in [0.3, 0.4) is 0 Å². The van der Waals surface area contributed by atoms with E-state index in [0.29, 0.717) is 5.56 Å². The van der Waals surface area contributed by atoms with Crippen molar-refractivity contribution in [3.8, 4) is 0 Å². The van der Waals surface area contributed by atoms with Gasteiger partial charge in [-0.15, -0.1) is 0 Å². The van der Waals surface area contributed by atoms with Gasteiger partial charge < -0.3 is 5.32 Å². The Bertz CT molecular complexity index is 907. The highest BCUT2D eigenvalue weighted by Gasteiger charge is 2.19. The highest BCUT2D eigenvalue weighted by Crippen LogP contribution is 2.25. The summed E-state index contributed by atoms with van der Waals surface area (Å²) in [5, 5.41) is 8.21. The normalized spacial score (nSPS) is 11.2. The third kappa shape index (κ3) is 2.89. The Kier molecular flexibility index (Phi) is 4.09. The predicted octanol–water partition coefficient (Wildman–Crippen LogP) is 3.96. The first-order valence-corrected chi connectivity index (χ1v) is 8.09. The molecular weight excluding hydrogens is 300 g/mol. The molecule has 124 valence electrons. The van der Waals surface area contributed by atoms with E-state index in [-0.39, 0.29) is 11.8 Å². The van der Waals surface area contributed by atoms with Gasteiger partial charge in [-0.25, -0.2) is 4.98 Å². The minimum absolute atomic E-state index is 0.135. The van der Waals surface area contributed by atoms with E-state index in [9.17, 15) is 4.79 Å². The van der Waals surface area contributed by atoms with Crippen LogP contribution in [0.25, 0.3) is 11.0 Å². The number of hydrogen-bond acceptors (Lipinski definition) is 3.